The predicted octanol–water partition coefficient (Wildman–Crippen LogP) is 3.10. The number of aromatic nitrogens is 1. The van der Waals surface area contributed by atoms with E-state index in [0.29, 0.717) is 5.69 Å². The second kappa shape index (κ2) is 4.09. The van der Waals surface area contributed by atoms with E-state index in [-0.39, 0.29) is 0 Å². The molecule has 0 saturated heterocycles. The maximum absolute atomic E-state index is 7.58. The molecule has 0 amide bonds. The smallest absolute Gasteiger partial charge is 0.199 e. The van der Waals surface area contributed by atoms with Crippen LogP contribution < -0.4 is 4.57 Å². The van der Waals surface area contributed by atoms with Gasteiger partial charge < -0.3 is 0 Å². The Morgan fingerprint density at radius 3 is 2.69 bits per heavy atom. The van der Waals surface area contributed by atoms with E-state index >= 15 is 0 Å². The Balaban J connectivity index is 2.67. The molecule has 0 N–H and O–H groups in total. The van der Waals surface area contributed by atoms with Crippen LogP contribution in [-0.4, -0.2) is 0 Å². The van der Waals surface area contributed by atoms with Gasteiger partial charge in [0.1, 0.15) is 7.05 Å². The summed E-state index contributed by atoms with van der Waals surface area (Å²) in [5.74, 6) is 0. The first kappa shape index (κ1) is 7.61. The van der Waals surface area contributed by atoms with Crippen molar-refractivity contribution in [1.29, 1.82) is 0 Å². The molecule has 0 aliphatic carbocycles. The molecule has 0 spiro atoms. The number of benzene rings is 1. The molecule has 0 atom stereocenters. The summed E-state index contributed by atoms with van der Waals surface area (Å²) in [6, 6.07) is 11.6. The van der Waals surface area contributed by atoms with Crippen LogP contribution in [0.4, 0.5) is 0 Å². The highest BCUT2D eigenvalue weighted by Crippen LogP contribution is 2.21. The van der Waals surface area contributed by atoms with E-state index < -0.39 is 6.85 Å². The fraction of sp³-hybridized carbons (Fsp3) is 0.267. The second-order valence-corrected chi connectivity index (χ2v) is 4.17. The molecule has 1 aromatic heterocycles. The number of rotatable bonds is 1. The summed E-state index contributed by atoms with van der Waals surface area (Å²) in [7, 11) is 1.80. The third kappa shape index (κ3) is 1.85. The molecule has 1 nitrogen and oxygen atoms in total. The molecule has 0 aliphatic heterocycles. The first-order valence-electron chi connectivity index (χ1n) is 6.88. The lowest BCUT2D eigenvalue weighted by Crippen LogP contribution is -2.34. The first-order chi connectivity index (χ1) is 8.80. The van der Waals surface area contributed by atoms with Crippen molar-refractivity contribution in [3.8, 4) is 11.3 Å². The van der Waals surface area contributed by atoms with Crippen LogP contribution in [0, 0.1) is 20.7 Å². The molecule has 0 bridgehead atoms. The largest absolute Gasteiger partial charge is 0.212 e. The molecule has 0 unspecified atom stereocenters. The van der Waals surface area contributed by atoms with Crippen LogP contribution >= 0.6 is 0 Å². The van der Waals surface area contributed by atoms with E-state index in [9.17, 15) is 0 Å². The zero-order chi connectivity index (χ0) is 14.2. The van der Waals surface area contributed by atoms with E-state index in [1.165, 1.54) is 5.56 Å². The van der Waals surface area contributed by atoms with Crippen molar-refractivity contribution in [2.75, 3.05) is 0 Å². The summed E-state index contributed by atoms with van der Waals surface area (Å²) in [6.07, 6.45) is 0. The Kier molecular flexibility index (Phi) is 1.95. The Morgan fingerprint density at radius 2 is 1.94 bits per heavy atom. The fourth-order valence-corrected chi connectivity index (χ4v) is 1.87. The highest BCUT2D eigenvalue weighted by molar-refractivity contribution is 5.61. The minimum atomic E-state index is -2.09. The highest BCUT2D eigenvalue weighted by atomic mass is 14.9. The molecule has 1 aromatic carbocycles. The van der Waals surface area contributed by atoms with E-state index in [4.69, 9.17) is 4.11 Å². The van der Waals surface area contributed by atoms with Gasteiger partial charge >= 0.3 is 0 Å². The molecular weight excluding hydrogens is 194 g/mol. The van der Waals surface area contributed by atoms with Gasteiger partial charge in [0, 0.05) is 28.7 Å². The molecule has 1 heterocycles. The number of nitrogens with zero attached hydrogens (tertiary/aromatic N) is 1. The number of hydrogen-bond acceptors (Lipinski definition) is 0. The minimum Gasteiger partial charge on any atom is -0.199 e. The maximum Gasteiger partial charge on any atom is 0.212 e. The average Bonchev–Trinajstić information content (AvgIpc) is 2.31. The van der Waals surface area contributed by atoms with Crippen LogP contribution in [0.1, 0.15) is 20.9 Å². The van der Waals surface area contributed by atoms with Crippen molar-refractivity contribution in [1.82, 2.24) is 0 Å². The van der Waals surface area contributed by atoms with E-state index in [0.717, 1.165) is 16.8 Å². The Hall–Kier alpha value is -1.63. The molecule has 2 aromatic rings. The van der Waals surface area contributed by atoms with Gasteiger partial charge in [0.05, 0.1) is 0 Å². The van der Waals surface area contributed by atoms with Gasteiger partial charge in [-0.05, 0) is 31.5 Å². The third-order valence-electron chi connectivity index (χ3n) is 2.90. The molecule has 0 fully saturated rings. The highest BCUT2D eigenvalue weighted by Gasteiger charge is 2.13. The van der Waals surface area contributed by atoms with Crippen LogP contribution in [0.2, 0.25) is 0 Å². The van der Waals surface area contributed by atoms with Crippen molar-refractivity contribution in [3.05, 3.63) is 53.2 Å². The minimum absolute atomic E-state index is 0.353. The van der Waals surface area contributed by atoms with E-state index in [1.54, 1.807) is 23.7 Å². The van der Waals surface area contributed by atoms with E-state index in [2.05, 4.69) is 18.2 Å². The molecule has 0 saturated carbocycles. The summed E-state index contributed by atoms with van der Waals surface area (Å²) < 4.78 is 24.5. The number of pyridine rings is 1. The monoisotopic (exact) mass is 215 g/mol. The average molecular weight is 215 g/mol. The Morgan fingerprint density at radius 1 is 1.12 bits per heavy atom. The molecule has 0 aliphatic rings. The van der Waals surface area contributed by atoms with Gasteiger partial charge in [0.2, 0.25) is 5.69 Å². The molecule has 2 rings (SSSR count). The fourth-order valence-electron chi connectivity index (χ4n) is 1.87. The van der Waals surface area contributed by atoms with Gasteiger partial charge in [-0.3, -0.25) is 0 Å². The van der Waals surface area contributed by atoms with Gasteiger partial charge in [-0.25, -0.2) is 0 Å². The Labute approximate surface area is 102 Å². The van der Waals surface area contributed by atoms with Crippen LogP contribution in [0.3, 0.4) is 0 Å². The standard InChI is InChI=1S/C15H18N/c1-11-8-9-12(2)14(10-11)15-7-5-6-13(3)16(15)4/h5-10H,1-4H3/q+1/i3D3. The van der Waals surface area contributed by atoms with Crippen molar-refractivity contribution in [2.24, 2.45) is 7.05 Å². The molecule has 16 heavy (non-hydrogen) atoms. The van der Waals surface area contributed by atoms with Gasteiger partial charge in [-0.2, -0.15) is 4.57 Å². The predicted molar refractivity (Wildman–Crippen MR) is 67.3 cm³/mol. The third-order valence-corrected chi connectivity index (χ3v) is 2.90. The van der Waals surface area contributed by atoms with Crippen LogP contribution in [0.5, 0.6) is 0 Å². The molecule has 0 radical (unpaired) electrons. The first-order valence-corrected chi connectivity index (χ1v) is 5.38. The van der Waals surface area contributed by atoms with Gasteiger partial charge in [0.15, 0.2) is 5.69 Å². The lowest BCUT2D eigenvalue weighted by Gasteiger charge is -2.06. The summed E-state index contributed by atoms with van der Waals surface area (Å²) in [5, 5.41) is 0. The van der Waals surface area contributed by atoms with Gasteiger partial charge in [-0.15, -0.1) is 0 Å². The number of hydrogen-bond donors (Lipinski definition) is 0. The zero-order valence-electron chi connectivity index (χ0n) is 12.9. The van der Waals surface area contributed by atoms with Crippen molar-refractivity contribution in [2.45, 2.75) is 20.7 Å². The molecular formula is C15H18N+. The molecule has 1 heteroatoms. The van der Waals surface area contributed by atoms with Crippen LogP contribution in [0.25, 0.3) is 11.3 Å². The maximum atomic E-state index is 7.58. The molecule has 82 valence electrons. The van der Waals surface area contributed by atoms with Crippen molar-refractivity contribution < 1.29 is 8.68 Å². The lowest BCUT2D eigenvalue weighted by molar-refractivity contribution is -0.666. The second-order valence-electron chi connectivity index (χ2n) is 4.17. The quantitative estimate of drug-likeness (QED) is 0.644. The van der Waals surface area contributed by atoms with Gasteiger partial charge in [-0.1, -0.05) is 17.7 Å². The van der Waals surface area contributed by atoms with Crippen molar-refractivity contribution >= 4 is 0 Å². The lowest BCUT2D eigenvalue weighted by atomic mass is 10.0. The van der Waals surface area contributed by atoms with Crippen LogP contribution in [0.15, 0.2) is 36.4 Å². The Bertz CT molecular complexity index is 615. The zero-order valence-corrected chi connectivity index (χ0v) is 9.91. The normalized spacial score (nSPS) is 14.1. The summed E-state index contributed by atoms with van der Waals surface area (Å²) in [6.45, 7) is 1.98. The SMILES string of the molecule is [2H]C([2H])([2H])c1cccc(-c2cc(C)ccc2C)[n+]1C. The topological polar surface area (TPSA) is 3.88 Å². The van der Waals surface area contributed by atoms with Gasteiger partial charge in [0.25, 0.3) is 0 Å². The summed E-state index contributed by atoms with van der Waals surface area (Å²) in [4.78, 5) is 0. The van der Waals surface area contributed by atoms with Crippen LogP contribution in [-0.2, 0) is 7.05 Å². The van der Waals surface area contributed by atoms with E-state index in [1.807, 2.05) is 19.9 Å². The number of aryl methyl sites for hydroxylation is 3. The summed E-state index contributed by atoms with van der Waals surface area (Å²) in [5.41, 5.74) is 4.66. The van der Waals surface area contributed by atoms with Crippen molar-refractivity contribution in [3.63, 3.8) is 0 Å². The summed E-state index contributed by atoms with van der Waals surface area (Å²) >= 11 is 0.